The van der Waals surface area contributed by atoms with E-state index in [1.54, 1.807) is 0 Å². The lowest BCUT2D eigenvalue weighted by atomic mass is 9.96. The van der Waals surface area contributed by atoms with Crippen molar-refractivity contribution < 1.29 is 0 Å². The molecule has 0 spiro atoms. The average molecular weight is 375 g/mol. The highest BCUT2D eigenvalue weighted by Gasteiger charge is 2.31. The summed E-state index contributed by atoms with van der Waals surface area (Å²) in [6.45, 7) is 9.12. The van der Waals surface area contributed by atoms with Gasteiger partial charge in [-0.3, -0.25) is 4.90 Å². The maximum absolute atomic E-state index is 8.92. The molecule has 0 aliphatic carbocycles. The number of hydrogen-bond acceptors (Lipinski definition) is 6. The predicted molar refractivity (Wildman–Crippen MR) is 108 cm³/mol. The van der Waals surface area contributed by atoms with E-state index in [0.29, 0.717) is 11.6 Å². The summed E-state index contributed by atoms with van der Waals surface area (Å²) in [5, 5.41) is 22.3. The van der Waals surface area contributed by atoms with Gasteiger partial charge in [0, 0.05) is 31.1 Å². The van der Waals surface area contributed by atoms with E-state index in [1.807, 2.05) is 40.9 Å². The molecule has 3 heterocycles. The van der Waals surface area contributed by atoms with Crippen molar-refractivity contribution in [2.75, 3.05) is 25.0 Å². The van der Waals surface area contributed by atoms with Crippen molar-refractivity contribution in [1.29, 1.82) is 5.26 Å². The lowest BCUT2D eigenvalue weighted by Gasteiger charge is -2.44. The van der Waals surface area contributed by atoms with Gasteiger partial charge in [-0.25, -0.2) is 0 Å². The Morgan fingerprint density at radius 1 is 1.11 bits per heavy atom. The van der Waals surface area contributed by atoms with E-state index in [2.05, 4.69) is 53.9 Å². The van der Waals surface area contributed by atoms with Crippen molar-refractivity contribution in [2.45, 2.75) is 38.8 Å². The van der Waals surface area contributed by atoms with E-state index in [0.717, 1.165) is 36.9 Å². The summed E-state index contributed by atoms with van der Waals surface area (Å²) < 4.78 is 1.86. The molecule has 7 heteroatoms. The SMILES string of the molecule is CN(Cc1ccc(C#N)cc1)C1CN(c2ccc3nnc(C(C)(C)C)n3n2)C1. The summed E-state index contributed by atoms with van der Waals surface area (Å²) in [4.78, 5) is 4.64. The van der Waals surface area contributed by atoms with Crippen LogP contribution in [0.15, 0.2) is 36.4 Å². The van der Waals surface area contributed by atoms with Gasteiger partial charge in [0.2, 0.25) is 0 Å². The molecular formula is C21H25N7. The summed E-state index contributed by atoms with van der Waals surface area (Å²) in [5.74, 6) is 1.83. The number of rotatable bonds is 4. The Morgan fingerprint density at radius 2 is 1.82 bits per heavy atom. The Labute approximate surface area is 165 Å². The van der Waals surface area contributed by atoms with E-state index in [9.17, 15) is 0 Å². The molecule has 0 amide bonds. The van der Waals surface area contributed by atoms with Crippen LogP contribution in [0.4, 0.5) is 5.82 Å². The molecule has 1 saturated heterocycles. The van der Waals surface area contributed by atoms with E-state index in [4.69, 9.17) is 10.4 Å². The normalized spacial score (nSPS) is 15.1. The molecule has 0 atom stereocenters. The van der Waals surface area contributed by atoms with Gasteiger partial charge in [0.25, 0.3) is 0 Å². The lowest BCUT2D eigenvalue weighted by Crippen LogP contribution is -2.58. The number of fused-ring (bicyclic) bond motifs is 1. The minimum Gasteiger partial charge on any atom is -0.352 e. The molecular weight excluding hydrogens is 350 g/mol. The Balaban J connectivity index is 1.42. The van der Waals surface area contributed by atoms with Crippen LogP contribution >= 0.6 is 0 Å². The monoisotopic (exact) mass is 375 g/mol. The average Bonchev–Trinajstić information content (AvgIpc) is 3.05. The Kier molecular flexibility index (Phi) is 4.52. The minimum atomic E-state index is -0.107. The fourth-order valence-electron chi connectivity index (χ4n) is 3.44. The molecule has 0 saturated carbocycles. The zero-order valence-electron chi connectivity index (χ0n) is 16.8. The quantitative estimate of drug-likeness (QED) is 0.698. The van der Waals surface area contributed by atoms with Gasteiger partial charge in [-0.2, -0.15) is 9.78 Å². The molecule has 0 radical (unpaired) electrons. The molecule has 144 valence electrons. The predicted octanol–water partition coefficient (Wildman–Crippen LogP) is 2.61. The number of nitriles is 1. The maximum Gasteiger partial charge on any atom is 0.178 e. The Morgan fingerprint density at radius 3 is 2.46 bits per heavy atom. The molecule has 7 nitrogen and oxygen atoms in total. The van der Waals surface area contributed by atoms with Crippen molar-refractivity contribution in [3.05, 3.63) is 53.3 Å². The minimum absolute atomic E-state index is 0.107. The molecule has 28 heavy (non-hydrogen) atoms. The fourth-order valence-corrected chi connectivity index (χ4v) is 3.44. The fraction of sp³-hybridized carbons (Fsp3) is 0.429. The van der Waals surface area contributed by atoms with Gasteiger partial charge in [-0.05, 0) is 36.9 Å². The van der Waals surface area contributed by atoms with Crippen LogP contribution in [0.3, 0.4) is 0 Å². The third kappa shape index (κ3) is 3.43. The van der Waals surface area contributed by atoms with Crippen molar-refractivity contribution in [1.82, 2.24) is 24.7 Å². The van der Waals surface area contributed by atoms with Crippen LogP contribution in [0.25, 0.3) is 5.65 Å². The smallest absolute Gasteiger partial charge is 0.178 e. The van der Waals surface area contributed by atoms with Gasteiger partial charge in [-0.1, -0.05) is 32.9 Å². The summed E-state index contributed by atoms with van der Waals surface area (Å²) in [5.41, 5.74) is 2.60. The van der Waals surface area contributed by atoms with E-state index in [-0.39, 0.29) is 5.41 Å². The third-order valence-corrected chi connectivity index (χ3v) is 5.24. The lowest BCUT2D eigenvalue weighted by molar-refractivity contribution is 0.196. The largest absolute Gasteiger partial charge is 0.352 e. The van der Waals surface area contributed by atoms with Crippen LogP contribution in [-0.2, 0) is 12.0 Å². The van der Waals surface area contributed by atoms with Crippen LogP contribution in [0, 0.1) is 11.3 Å². The van der Waals surface area contributed by atoms with Crippen LogP contribution in [0.5, 0.6) is 0 Å². The topological polar surface area (TPSA) is 73.4 Å². The summed E-state index contributed by atoms with van der Waals surface area (Å²) in [6.07, 6.45) is 0. The van der Waals surface area contributed by atoms with Gasteiger partial charge in [0.15, 0.2) is 11.5 Å². The molecule has 0 bridgehead atoms. The second kappa shape index (κ2) is 6.88. The molecule has 3 aromatic rings. The van der Waals surface area contributed by atoms with Crippen molar-refractivity contribution >= 4 is 11.5 Å². The molecule has 1 aliphatic heterocycles. The highest BCUT2D eigenvalue weighted by molar-refractivity contribution is 5.48. The molecule has 0 unspecified atom stereocenters. The first kappa shape index (κ1) is 18.4. The van der Waals surface area contributed by atoms with Crippen molar-refractivity contribution in [3.63, 3.8) is 0 Å². The maximum atomic E-state index is 8.92. The second-order valence-corrected chi connectivity index (χ2v) is 8.52. The summed E-state index contributed by atoms with van der Waals surface area (Å²) >= 11 is 0. The summed E-state index contributed by atoms with van der Waals surface area (Å²) in [6, 6.07) is 14.5. The van der Waals surface area contributed by atoms with Gasteiger partial charge < -0.3 is 4.90 Å². The van der Waals surface area contributed by atoms with Crippen LogP contribution in [0.1, 0.15) is 37.7 Å². The highest BCUT2D eigenvalue weighted by atomic mass is 15.4. The van der Waals surface area contributed by atoms with E-state index in [1.165, 1.54) is 5.56 Å². The third-order valence-electron chi connectivity index (χ3n) is 5.24. The zero-order valence-corrected chi connectivity index (χ0v) is 16.8. The van der Waals surface area contributed by atoms with Gasteiger partial charge in [-0.15, -0.1) is 15.3 Å². The van der Waals surface area contributed by atoms with Gasteiger partial charge in [0.05, 0.1) is 11.6 Å². The molecule has 4 rings (SSSR count). The van der Waals surface area contributed by atoms with Crippen LogP contribution < -0.4 is 4.90 Å². The molecule has 1 aliphatic rings. The zero-order chi connectivity index (χ0) is 19.9. The van der Waals surface area contributed by atoms with Gasteiger partial charge >= 0.3 is 0 Å². The van der Waals surface area contributed by atoms with Crippen LogP contribution in [-0.4, -0.2) is 50.9 Å². The molecule has 0 N–H and O–H groups in total. The summed E-state index contributed by atoms with van der Waals surface area (Å²) in [7, 11) is 2.15. The Hall–Kier alpha value is -2.98. The van der Waals surface area contributed by atoms with E-state index >= 15 is 0 Å². The second-order valence-electron chi connectivity index (χ2n) is 8.52. The van der Waals surface area contributed by atoms with E-state index < -0.39 is 0 Å². The number of likely N-dealkylation sites (N-methyl/N-ethyl adjacent to an activating group) is 1. The number of nitrogens with zero attached hydrogens (tertiary/aromatic N) is 7. The molecule has 1 fully saturated rings. The molecule has 1 aromatic carbocycles. The number of aromatic nitrogens is 4. The first-order valence-corrected chi connectivity index (χ1v) is 9.52. The number of benzene rings is 1. The highest BCUT2D eigenvalue weighted by Crippen LogP contribution is 2.25. The Bertz CT molecular complexity index is 1020. The van der Waals surface area contributed by atoms with Crippen LogP contribution in [0.2, 0.25) is 0 Å². The first-order valence-electron chi connectivity index (χ1n) is 9.52. The van der Waals surface area contributed by atoms with Crippen molar-refractivity contribution in [3.8, 4) is 6.07 Å². The molecule has 2 aromatic heterocycles. The first-order chi connectivity index (χ1) is 13.3. The number of hydrogen-bond donors (Lipinski definition) is 0. The van der Waals surface area contributed by atoms with Crippen molar-refractivity contribution in [2.24, 2.45) is 0 Å². The number of anilines is 1. The standard InChI is InChI=1S/C21H25N7/c1-21(2,3)20-24-23-18-9-10-19(25-28(18)20)27-13-17(14-27)26(4)12-16-7-5-15(11-22)6-8-16/h5-10,17H,12-14H2,1-4H3. The van der Waals surface area contributed by atoms with Gasteiger partial charge in [0.1, 0.15) is 5.82 Å².